The van der Waals surface area contributed by atoms with Crippen molar-refractivity contribution in [2.24, 2.45) is 0 Å². The Morgan fingerprint density at radius 3 is 1.55 bits per heavy atom. The van der Waals surface area contributed by atoms with Crippen LogP contribution in [0.5, 0.6) is 0 Å². The van der Waals surface area contributed by atoms with Crippen molar-refractivity contribution in [3.63, 3.8) is 0 Å². The molecule has 0 aliphatic heterocycles. The van der Waals surface area contributed by atoms with Crippen LogP contribution < -0.4 is 0 Å². The Balaban J connectivity index is 3.04. The van der Waals surface area contributed by atoms with Crippen LogP contribution >= 0.6 is 63.7 Å². The largest absolute Gasteiger partial charge is 0.371 e. The molecule has 1 aliphatic rings. The van der Waals surface area contributed by atoms with Gasteiger partial charge in [-0.3, -0.25) is 0 Å². The van der Waals surface area contributed by atoms with Gasteiger partial charge in [0.15, 0.2) is 0 Å². The van der Waals surface area contributed by atoms with Crippen molar-refractivity contribution in [2.75, 3.05) is 7.11 Å². The third kappa shape index (κ3) is 1.82. The maximum Gasteiger partial charge on any atom is 0.122 e. The molecule has 0 aromatic heterocycles. The summed E-state index contributed by atoms with van der Waals surface area (Å²) in [5, 5.41) is 0. The molecule has 0 fully saturated rings. The first-order chi connectivity index (χ1) is 5.09. The fraction of sp³-hybridized carbons (Fsp3) is 0.333. The molecule has 0 radical (unpaired) electrons. The van der Waals surface area contributed by atoms with Crippen molar-refractivity contribution in [1.82, 2.24) is 0 Å². The van der Waals surface area contributed by atoms with Crippen LogP contribution in [0.2, 0.25) is 0 Å². The highest BCUT2D eigenvalue weighted by molar-refractivity contribution is 9.17. The maximum absolute atomic E-state index is 5.21. The Morgan fingerprint density at radius 2 is 1.36 bits per heavy atom. The lowest BCUT2D eigenvalue weighted by Crippen LogP contribution is -2.06. The minimum atomic E-state index is -0.0150. The second-order valence-corrected chi connectivity index (χ2v) is 5.23. The molecule has 0 heterocycles. The lowest BCUT2D eigenvalue weighted by molar-refractivity contribution is 0.175. The number of halogens is 4. The first-order valence-electron chi connectivity index (χ1n) is 2.73. The standard InChI is InChI=1S/C6H4Br4O/c1-11-6-4(9)2(7)3(8)5(6)10/h6H,1H3. The summed E-state index contributed by atoms with van der Waals surface area (Å²) in [5.41, 5.74) is 0. The fourth-order valence-electron chi connectivity index (χ4n) is 0.758. The van der Waals surface area contributed by atoms with Crippen molar-refractivity contribution >= 4 is 63.7 Å². The molecule has 0 unspecified atom stereocenters. The fourth-order valence-corrected chi connectivity index (χ4v) is 3.67. The van der Waals surface area contributed by atoms with Gasteiger partial charge in [-0.15, -0.1) is 0 Å². The normalized spacial score (nSPS) is 20.5. The van der Waals surface area contributed by atoms with Crippen molar-refractivity contribution in [1.29, 1.82) is 0 Å². The van der Waals surface area contributed by atoms with E-state index in [9.17, 15) is 0 Å². The summed E-state index contributed by atoms with van der Waals surface area (Å²) in [6.45, 7) is 0. The van der Waals surface area contributed by atoms with Crippen LogP contribution in [0.3, 0.4) is 0 Å². The zero-order valence-corrected chi connectivity index (χ0v) is 11.8. The van der Waals surface area contributed by atoms with Crippen molar-refractivity contribution < 1.29 is 4.74 Å². The molecule has 0 atom stereocenters. The predicted octanol–water partition coefficient (Wildman–Crippen LogP) is 4.02. The summed E-state index contributed by atoms with van der Waals surface area (Å²) in [6, 6.07) is 0. The van der Waals surface area contributed by atoms with Crippen LogP contribution in [0.1, 0.15) is 0 Å². The van der Waals surface area contributed by atoms with E-state index in [1.807, 2.05) is 0 Å². The highest BCUT2D eigenvalue weighted by Gasteiger charge is 2.28. The molecule has 0 N–H and O–H groups in total. The first-order valence-corrected chi connectivity index (χ1v) is 5.90. The summed E-state index contributed by atoms with van der Waals surface area (Å²) < 4.78 is 9.20. The van der Waals surface area contributed by atoms with Crippen LogP contribution in [-0.2, 0) is 4.74 Å². The zero-order chi connectivity index (χ0) is 8.59. The molecule has 1 aliphatic carbocycles. The third-order valence-electron chi connectivity index (χ3n) is 1.31. The van der Waals surface area contributed by atoms with E-state index in [2.05, 4.69) is 63.7 Å². The quantitative estimate of drug-likeness (QED) is 0.633. The van der Waals surface area contributed by atoms with Gasteiger partial charge in [0.25, 0.3) is 0 Å². The SMILES string of the molecule is COC1C(Br)=C(Br)C(Br)=C1Br. The number of ether oxygens (including phenoxy) is 1. The number of allylic oxidation sites excluding steroid dienone is 2. The molecule has 0 saturated heterocycles. The van der Waals surface area contributed by atoms with Crippen molar-refractivity contribution in [3.8, 4) is 0 Å². The summed E-state index contributed by atoms with van der Waals surface area (Å²) in [6.07, 6.45) is -0.0150. The number of hydrogen-bond donors (Lipinski definition) is 0. The van der Waals surface area contributed by atoms with Gasteiger partial charge in [0, 0.05) is 25.0 Å². The molecule has 0 bridgehead atoms. The smallest absolute Gasteiger partial charge is 0.122 e. The average molecular weight is 412 g/mol. The van der Waals surface area contributed by atoms with Gasteiger partial charge in [-0.1, -0.05) is 31.9 Å². The summed E-state index contributed by atoms with van der Waals surface area (Å²) >= 11 is 13.7. The lowest BCUT2D eigenvalue weighted by atomic mass is 10.4. The monoisotopic (exact) mass is 408 g/mol. The van der Waals surface area contributed by atoms with Gasteiger partial charge in [0.2, 0.25) is 0 Å². The van der Waals surface area contributed by atoms with Crippen LogP contribution in [0, 0.1) is 0 Å². The summed E-state index contributed by atoms with van der Waals surface area (Å²) in [7, 11) is 1.67. The molecule has 1 rings (SSSR count). The van der Waals surface area contributed by atoms with Gasteiger partial charge >= 0.3 is 0 Å². The Labute approximate surface area is 98.8 Å². The summed E-state index contributed by atoms with van der Waals surface area (Å²) in [5.74, 6) is 0. The zero-order valence-electron chi connectivity index (χ0n) is 5.50. The van der Waals surface area contributed by atoms with Gasteiger partial charge in [-0.2, -0.15) is 0 Å². The molecule has 0 amide bonds. The Morgan fingerprint density at radius 1 is 1.00 bits per heavy atom. The molecule has 11 heavy (non-hydrogen) atoms. The van der Waals surface area contributed by atoms with Gasteiger partial charge in [0.1, 0.15) is 6.10 Å². The van der Waals surface area contributed by atoms with E-state index < -0.39 is 0 Å². The van der Waals surface area contributed by atoms with Gasteiger partial charge in [-0.05, 0) is 31.9 Å². The topological polar surface area (TPSA) is 9.23 Å². The lowest BCUT2D eigenvalue weighted by Gasteiger charge is -2.08. The van der Waals surface area contributed by atoms with E-state index in [4.69, 9.17) is 4.74 Å². The van der Waals surface area contributed by atoms with Crippen LogP contribution in [-0.4, -0.2) is 13.2 Å². The molecule has 0 aromatic rings. The van der Waals surface area contributed by atoms with E-state index in [1.54, 1.807) is 7.11 Å². The molecule has 62 valence electrons. The van der Waals surface area contributed by atoms with E-state index in [-0.39, 0.29) is 6.10 Å². The van der Waals surface area contributed by atoms with Crippen LogP contribution in [0.4, 0.5) is 0 Å². The minimum Gasteiger partial charge on any atom is -0.371 e. The van der Waals surface area contributed by atoms with Crippen LogP contribution in [0.15, 0.2) is 17.9 Å². The molecule has 1 nitrogen and oxygen atoms in total. The molecular formula is C6H4Br4O. The summed E-state index contributed by atoms with van der Waals surface area (Å²) in [4.78, 5) is 0. The van der Waals surface area contributed by atoms with Crippen LogP contribution in [0.25, 0.3) is 0 Å². The molecule has 0 saturated carbocycles. The van der Waals surface area contributed by atoms with Crippen molar-refractivity contribution in [2.45, 2.75) is 6.10 Å². The van der Waals surface area contributed by atoms with E-state index >= 15 is 0 Å². The Kier molecular flexibility index (Phi) is 3.84. The molecular weight excluding hydrogens is 408 g/mol. The highest BCUT2D eigenvalue weighted by atomic mass is 79.9. The van der Waals surface area contributed by atoms with Gasteiger partial charge < -0.3 is 4.74 Å². The van der Waals surface area contributed by atoms with Gasteiger partial charge in [-0.25, -0.2) is 0 Å². The first kappa shape index (κ1) is 10.4. The minimum absolute atomic E-state index is 0.0150. The Bertz CT molecular complexity index is 219. The molecule has 0 aromatic carbocycles. The third-order valence-corrected chi connectivity index (χ3v) is 6.18. The molecule has 0 spiro atoms. The second kappa shape index (κ2) is 4.05. The van der Waals surface area contributed by atoms with E-state index in [0.29, 0.717) is 0 Å². The maximum atomic E-state index is 5.21. The highest BCUT2D eigenvalue weighted by Crippen LogP contribution is 2.45. The number of hydrogen-bond acceptors (Lipinski definition) is 1. The second-order valence-electron chi connectivity index (χ2n) is 1.94. The Hall–Kier alpha value is 1.36. The average Bonchev–Trinajstić information content (AvgIpc) is 2.17. The van der Waals surface area contributed by atoms with Gasteiger partial charge in [0.05, 0.1) is 0 Å². The molecule has 5 heteroatoms. The number of methoxy groups -OCH3 is 1. The van der Waals surface area contributed by atoms with E-state index in [0.717, 1.165) is 17.9 Å². The van der Waals surface area contributed by atoms with Crippen molar-refractivity contribution in [3.05, 3.63) is 17.9 Å². The number of rotatable bonds is 1. The van der Waals surface area contributed by atoms with E-state index in [1.165, 1.54) is 0 Å². The predicted molar refractivity (Wildman–Crippen MR) is 60.6 cm³/mol.